The Hall–Kier alpha value is -3.59. The molecule has 0 bridgehead atoms. The first-order valence-corrected chi connectivity index (χ1v) is 9.56. The summed E-state index contributed by atoms with van der Waals surface area (Å²) in [5.74, 6) is -1.37. The summed E-state index contributed by atoms with van der Waals surface area (Å²) in [5.41, 5.74) is 1.83. The van der Waals surface area contributed by atoms with Crippen LogP contribution in [-0.2, 0) is 20.7 Å². The van der Waals surface area contributed by atoms with Crippen molar-refractivity contribution in [3.8, 4) is 10.6 Å². The molecule has 2 aromatic heterocycles. The van der Waals surface area contributed by atoms with Crippen molar-refractivity contribution in [3.05, 3.63) is 71.5 Å². The molecule has 2 heterocycles. The highest BCUT2D eigenvalue weighted by Gasteiger charge is 2.26. The van der Waals surface area contributed by atoms with Gasteiger partial charge in [-0.25, -0.2) is 9.78 Å². The van der Waals surface area contributed by atoms with E-state index in [1.54, 1.807) is 54.2 Å². The lowest BCUT2D eigenvalue weighted by Gasteiger charge is -2.17. The van der Waals surface area contributed by atoms with Gasteiger partial charge in [-0.3, -0.25) is 19.9 Å². The summed E-state index contributed by atoms with van der Waals surface area (Å²) in [5, 5.41) is 6.91. The average molecular weight is 410 g/mol. The van der Waals surface area contributed by atoms with Gasteiger partial charge in [0.25, 0.3) is 5.91 Å². The van der Waals surface area contributed by atoms with Gasteiger partial charge < -0.3 is 10.1 Å². The zero-order valence-electron chi connectivity index (χ0n) is 15.5. The summed E-state index contributed by atoms with van der Waals surface area (Å²) >= 11 is 1.39. The van der Waals surface area contributed by atoms with Gasteiger partial charge in [0.1, 0.15) is 5.01 Å². The second-order valence-electron chi connectivity index (χ2n) is 5.91. The predicted molar refractivity (Wildman–Crippen MR) is 107 cm³/mol. The number of carbonyl (C=O) groups is 3. The molecular formula is C20H18N4O4S. The topological polar surface area (TPSA) is 110 Å². The van der Waals surface area contributed by atoms with Gasteiger partial charge in [0, 0.05) is 35.9 Å². The molecule has 9 heteroatoms. The van der Waals surface area contributed by atoms with Crippen LogP contribution in [-0.4, -0.2) is 34.9 Å². The molecule has 0 fully saturated rings. The standard InChI is InChI=1S/C20H18N4O4S/c1-21-20(27)24-18(26)17(13-6-3-2-4-7-13)28-16(25)10-15-12-29-19(23-15)14-8-5-9-22-11-14/h2-9,11-12,17H,10H2,1H3,(H2,21,24,26,27)/t17-/m1/s1. The van der Waals surface area contributed by atoms with Crippen molar-refractivity contribution in [3.63, 3.8) is 0 Å². The highest BCUT2D eigenvalue weighted by Crippen LogP contribution is 2.24. The van der Waals surface area contributed by atoms with E-state index in [1.165, 1.54) is 18.4 Å². The van der Waals surface area contributed by atoms with Crippen molar-refractivity contribution < 1.29 is 19.1 Å². The Balaban J connectivity index is 1.71. The number of aromatic nitrogens is 2. The second kappa shape index (κ2) is 9.56. The maximum absolute atomic E-state index is 12.5. The number of carbonyl (C=O) groups excluding carboxylic acids is 3. The van der Waals surface area contributed by atoms with Gasteiger partial charge >= 0.3 is 12.0 Å². The number of imide groups is 1. The van der Waals surface area contributed by atoms with E-state index in [4.69, 9.17) is 4.74 Å². The molecule has 3 rings (SSSR count). The molecule has 0 aliphatic rings. The van der Waals surface area contributed by atoms with Gasteiger partial charge in [0.15, 0.2) is 0 Å². The molecule has 3 aromatic rings. The summed E-state index contributed by atoms with van der Waals surface area (Å²) in [6.45, 7) is 0. The number of nitrogens with zero attached hydrogens (tertiary/aromatic N) is 2. The van der Waals surface area contributed by atoms with Crippen LogP contribution in [0.4, 0.5) is 4.79 Å². The minimum Gasteiger partial charge on any atom is -0.447 e. The van der Waals surface area contributed by atoms with Crippen LogP contribution in [0.5, 0.6) is 0 Å². The van der Waals surface area contributed by atoms with E-state index in [-0.39, 0.29) is 6.42 Å². The maximum atomic E-state index is 12.5. The Bertz CT molecular complexity index is 992. The normalized spacial score (nSPS) is 11.3. The third kappa shape index (κ3) is 5.45. The van der Waals surface area contributed by atoms with E-state index in [1.807, 2.05) is 6.07 Å². The molecule has 0 aliphatic heterocycles. The van der Waals surface area contributed by atoms with Crippen LogP contribution in [0.3, 0.4) is 0 Å². The average Bonchev–Trinajstić information content (AvgIpc) is 3.21. The third-order valence-electron chi connectivity index (χ3n) is 3.84. The van der Waals surface area contributed by atoms with Crippen molar-refractivity contribution in [1.29, 1.82) is 0 Å². The minimum atomic E-state index is -1.25. The molecule has 0 radical (unpaired) electrons. The Morgan fingerprint density at radius 2 is 1.93 bits per heavy atom. The number of hydrogen-bond donors (Lipinski definition) is 2. The van der Waals surface area contributed by atoms with Crippen LogP contribution in [0.2, 0.25) is 0 Å². The van der Waals surface area contributed by atoms with Gasteiger partial charge in [0.2, 0.25) is 6.10 Å². The molecule has 1 aromatic carbocycles. The first kappa shape index (κ1) is 20.2. The predicted octanol–water partition coefficient (Wildman–Crippen LogP) is 2.49. The lowest BCUT2D eigenvalue weighted by Crippen LogP contribution is -2.41. The van der Waals surface area contributed by atoms with Crippen LogP contribution in [0.1, 0.15) is 17.4 Å². The monoisotopic (exact) mass is 410 g/mol. The van der Waals surface area contributed by atoms with Gasteiger partial charge in [0.05, 0.1) is 12.1 Å². The van der Waals surface area contributed by atoms with E-state index in [2.05, 4.69) is 20.6 Å². The molecule has 0 unspecified atom stereocenters. The van der Waals surface area contributed by atoms with Crippen LogP contribution in [0, 0.1) is 0 Å². The molecule has 0 spiro atoms. The van der Waals surface area contributed by atoms with Crippen LogP contribution in [0.15, 0.2) is 60.2 Å². The Morgan fingerprint density at radius 1 is 1.14 bits per heavy atom. The first-order valence-electron chi connectivity index (χ1n) is 8.68. The summed E-state index contributed by atoms with van der Waals surface area (Å²) in [4.78, 5) is 44.8. The van der Waals surface area contributed by atoms with Gasteiger partial charge in [-0.05, 0) is 12.1 Å². The molecule has 0 saturated heterocycles. The number of rotatable bonds is 6. The quantitative estimate of drug-likeness (QED) is 0.604. The smallest absolute Gasteiger partial charge is 0.321 e. The maximum Gasteiger partial charge on any atom is 0.321 e. The molecule has 148 valence electrons. The number of thiazole rings is 1. The molecule has 3 amide bonds. The van der Waals surface area contributed by atoms with Gasteiger partial charge in [-0.1, -0.05) is 30.3 Å². The fraction of sp³-hybridized carbons (Fsp3) is 0.150. The van der Waals surface area contributed by atoms with Crippen LogP contribution < -0.4 is 10.6 Å². The summed E-state index contributed by atoms with van der Waals surface area (Å²) < 4.78 is 5.38. The fourth-order valence-corrected chi connectivity index (χ4v) is 3.28. The van der Waals surface area contributed by atoms with Crippen molar-refractivity contribution >= 4 is 29.2 Å². The van der Waals surface area contributed by atoms with E-state index >= 15 is 0 Å². The molecule has 0 saturated carbocycles. The molecule has 8 nitrogen and oxygen atoms in total. The number of nitrogens with one attached hydrogen (secondary N) is 2. The minimum absolute atomic E-state index is 0.104. The number of hydrogen-bond acceptors (Lipinski definition) is 7. The number of ether oxygens (including phenoxy) is 1. The number of esters is 1. The van der Waals surface area contributed by atoms with Crippen molar-refractivity contribution in [2.45, 2.75) is 12.5 Å². The first-order chi connectivity index (χ1) is 14.1. The Morgan fingerprint density at radius 3 is 2.62 bits per heavy atom. The Labute approximate surface area is 171 Å². The number of amides is 3. The number of pyridine rings is 1. The highest BCUT2D eigenvalue weighted by molar-refractivity contribution is 7.13. The SMILES string of the molecule is CNC(=O)NC(=O)[C@H](OC(=O)Cc1csc(-c2cccnc2)n1)c1ccccc1. The second-order valence-corrected chi connectivity index (χ2v) is 6.77. The molecule has 29 heavy (non-hydrogen) atoms. The van der Waals surface area contributed by atoms with Crippen molar-refractivity contribution in [2.24, 2.45) is 0 Å². The molecule has 2 N–H and O–H groups in total. The van der Waals surface area contributed by atoms with E-state index in [9.17, 15) is 14.4 Å². The molecule has 1 atom stereocenters. The largest absolute Gasteiger partial charge is 0.447 e. The van der Waals surface area contributed by atoms with E-state index in [0.717, 1.165) is 10.6 Å². The lowest BCUT2D eigenvalue weighted by molar-refractivity contribution is -0.155. The summed E-state index contributed by atoms with van der Waals surface area (Å²) in [6.07, 6.45) is 2.00. The Kier molecular flexibility index (Phi) is 6.64. The number of urea groups is 1. The fourth-order valence-electron chi connectivity index (χ4n) is 2.47. The zero-order chi connectivity index (χ0) is 20.6. The highest BCUT2D eigenvalue weighted by atomic mass is 32.1. The van der Waals surface area contributed by atoms with Crippen molar-refractivity contribution in [2.75, 3.05) is 7.05 Å². The van der Waals surface area contributed by atoms with Crippen molar-refractivity contribution in [1.82, 2.24) is 20.6 Å². The van der Waals surface area contributed by atoms with Gasteiger partial charge in [-0.2, -0.15) is 0 Å². The molecule has 0 aliphatic carbocycles. The third-order valence-corrected chi connectivity index (χ3v) is 4.78. The molecular weight excluding hydrogens is 392 g/mol. The van der Waals surface area contributed by atoms with Gasteiger partial charge in [-0.15, -0.1) is 11.3 Å². The summed E-state index contributed by atoms with van der Waals surface area (Å²) in [7, 11) is 1.38. The lowest BCUT2D eigenvalue weighted by atomic mass is 10.1. The van der Waals surface area contributed by atoms with E-state index in [0.29, 0.717) is 11.3 Å². The number of benzene rings is 1. The zero-order valence-corrected chi connectivity index (χ0v) is 16.3. The van der Waals surface area contributed by atoms with E-state index < -0.39 is 24.0 Å². The summed E-state index contributed by atoms with van der Waals surface area (Å²) in [6, 6.07) is 11.5. The van der Waals surface area contributed by atoms with Crippen LogP contribution >= 0.6 is 11.3 Å². The van der Waals surface area contributed by atoms with Crippen LogP contribution in [0.25, 0.3) is 10.6 Å².